The van der Waals surface area contributed by atoms with E-state index in [1.54, 1.807) is 0 Å². The molecule has 2 N–H and O–H groups in total. The Labute approximate surface area is 109 Å². The summed E-state index contributed by atoms with van der Waals surface area (Å²) in [7, 11) is 2.17. The number of imidazole rings is 1. The molecule has 98 valence electrons. The van der Waals surface area contributed by atoms with Gasteiger partial charge in [0.25, 0.3) is 0 Å². The molecule has 1 rings (SSSR count). The van der Waals surface area contributed by atoms with Crippen molar-refractivity contribution in [1.29, 1.82) is 0 Å². The summed E-state index contributed by atoms with van der Waals surface area (Å²) in [6.45, 7) is 4.66. The number of nitrogens with two attached hydrogens (primary N) is 1. The molecular weight excluding hydrogens is 232 g/mol. The highest BCUT2D eigenvalue weighted by molar-refractivity contribution is 7.98. The van der Waals surface area contributed by atoms with Crippen LogP contribution in [-0.4, -0.2) is 46.1 Å². The standard InChI is InChI=1S/C12H24N4S/c1-4-12(9-17-3)15(2)7-11-8-16(6-5-13)10-14-11/h8,10,12H,4-7,9,13H2,1-3H3. The number of thioether (sulfide) groups is 1. The van der Waals surface area contributed by atoms with E-state index in [9.17, 15) is 0 Å². The van der Waals surface area contributed by atoms with E-state index in [0.717, 1.165) is 18.8 Å². The normalized spacial score (nSPS) is 13.2. The summed E-state index contributed by atoms with van der Waals surface area (Å²) in [6.07, 6.45) is 7.30. The lowest BCUT2D eigenvalue weighted by atomic mass is 10.2. The Hall–Kier alpha value is -0.520. The molecule has 1 atom stereocenters. The van der Waals surface area contributed by atoms with Crippen LogP contribution in [0.2, 0.25) is 0 Å². The van der Waals surface area contributed by atoms with Crippen LogP contribution in [-0.2, 0) is 13.1 Å². The predicted molar refractivity (Wildman–Crippen MR) is 75.2 cm³/mol. The van der Waals surface area contributed by atoms with Gasteiger partial charge in [0.2, 0.25) is 0 Å². The lowest BCUT2D eigenvalue weighted by molar-refractivity contribution is 0.245. The average Bonchev–Trinajstić information content (AvgIpc) is 2.73. The number of rotatable bonds is 8. The smallest absolute Gasteiger partial charge is 0.0950 e. The molecule has 1 heterocycles. The highest BCUT2D eigenvalue weighted by Gasteiger charge is 2.13. The summed E-state index contributed by atoms with van der Waals surface area (Å²) in [5, 5.41) is 0. The Morgan fingerprint density at radius 1 is 1.59 bits per heavy atom. The van der Waals surface area contributed by atoms with Gasteiger partial charge in [-0.2, -0.15) is 11.8 Å². The molecule has 0 amide bonds. The van der Waals surface area contributed by atoms with Gasteiger partial charge in [0.05, 0.1) is 12.0 Å². The van der Waals surface area contributed by atoms with Crippen LogP contribution in [0.3, 0.4) is 0 Å². The summed E-state index contributed by atoms with van der Waals surface area (Å²) in [5.41, 5.74) is 6.64. The maximum atomic E-state index is 5.52. The second-order valence-corrected chi connectivity index (χ2v) is 5.23. The fraction of sp³-hybridized carbons (Fsp3) is 0.750. The van der Waals surface area contributed by atoms with Crippen LogP contribution in [0.5, 0.6) is 0 Å². The van der Waals surface area contributed by atoms with Gasteiger partial charge in [0.1, 0.15) is 0 Å². The molecule has 0 aliphatic heterocycles. The van der Waals surface area contributed by atoms with Crippen LogP contribution in [0.4, 0.5) is 0 Å². The molecule has 4 nitrogen and oxygen atoms in total. The second-order valence-electron chi connectivity index (χ2n) is 4.32. The van der Waals surface area contributed by atoms with Crippen molar-refractivity contribution in [2.24, 2.45) is 5.73 Å². The summed E-state index contributed by atoms with van der Waals surface area (Å²) in [5.74, 6) is 1.18. The first-order valence-corrected chi connectivity index (χ1v) is 7.50. The third kappa shape index (κ3) is 4.69. The Morgan fingerprint density at radius 3 is 2.94 bits per heavy atom. The van der Waals surface area contributed by atoms with Crippen LogP contribution in [0.25, 0.3) is 0 Å². The third-order valence-corrected chi connectivity index (χ3v) is 3.66. The average molecular weight is 256 g/mol. The Bertz CT molecular complexity index is 313. The molecule has 0 saturated carbocycles. The molecule has 17 heavy (non-hydrogen) atoms. The van der Waals surface area contributed by atoms with Crippen LogP contribution in [0.1, 0.15) is 19.0 Å². The molecule has 1 aromatic rings. The number of hydrogen-bond donors (Lipinski definition) is 1. The van der Waals surface area contributed by atoms with E-state index in [2.05, 4.69) is 40.9 Å². The lowest BCUT2D eigenvalue weighted by Gasteiger charge is -2.25. The Balaban J connectivity index is 2.50. The lowest BCUT2D eigenvalue weighted by Crippen LogP contribution is -2.32. The molecular formula is C12H24N4S. The van der Waals surface area contributed by atoms with Crippen LogP contribution < -0.4 is 5.73 Å². The Morgan fingerprint density at radius 2 is 2.35 bits per heavy atom. The highest BCUT2D eigenvalue weighted by atomic mass is 32.2. The molecule has 0 aliphatic rings. The molecule has 0 bridgehead atoms. The van der Waals surface area contributed by atoms with E-state index >= 15 is 0 Å². The second kappa shape index (κ2) is 7.74. The van der Waals surface area contributed by atoms with Crippen LogP contribution in [0.15, 0.2) is 12.5 Å². The van der Waals surface area contributed by atoms with Crippen molar-refractivity contribution in [1.82, 2.24) is 14.5 Å². The van der Waals surface area contributed by atoms with Crippen molar-refractivity contribution in [3.8, 4) is 0 Å². The van der Waals surface area contributed by atoms with E-state index in [1.165, 1.54) is 12.2 Å². The zero-order valence-corrected chi connectivity index (χ0v) is 11.9. The van der Waals surface area contributed by atoms with Gasteiger partial charge in [-0.1, -0.05) is 6.92 Å². The largest absolute Gasteiger partial charge is 0.336 e. The van der Waals surface area contributed by atoms with Crippen LogP contribution in [0, 0.1) is 0 Å². The van der Waals surface area contributed by atoms with Gasteiger partial charge in [-0.25, -0.2) is 4.98 Å². The van der Waals surface area contributed by atoms with Crippen molar-refractivity contribution >= 4 is 11.8 Å². The molecule has 1 unspecified atom stereocenters. The highest BCUT2D eigenvalue weighted by Crippen LogP contribution is 2.11. The van der Waals surface area contributed by atoms with Gasteiger partial charge in [0.15, 0.2) is 0 Å². The van der Waals surface area contributed by atoms with E-state index in [-0.39, 0.29) is 0 Å². The molecule has 0 aromatic carbocycles. The molecule has 5 heteroatoms. The van der Waals surface area contributed by atoms with Crippen LogP contribution >= 0.6 is 11.8 Å². The van der Waals surface area contributed by atoms with Crippen molar-refractivity contribution in [2.75, 3.05) is 25.6 Å². The summed E-state index contributed by atoms with van der Waals surface area (Å²) in [6, 6.07) is 0.629. The quantitative estimate of drug-likeness (QED) is 0.764. The fourth-order valence-corrected chi connectivity index (χ4v) is 2.77. The number of hydrogen-bond acceptors (Lipinski definition) is 4. The van der Waals surface area contributed by atoms with Gasteiger partial charge < -0.3 is 10.3 Å². The SMILES string of the molecule is CCC(CSC)N(C)Cc1cn(CCN)cn1. The summed E-state index contributed by atoms with van der Waals surface area (Å²) in [4.78, 5) is 6.79. The third-order valence-electron chi connectivity index (χ3n) is 2.94. The minimum absolute atomic E-state index is 0.629. The number of nitrogens with zero attached hydrogens (tertiary/aromatic N) is 3. The van der Waals surface area contributed by atoms with E-state index < -0.39 is 0 Å². The van der Waals surface area contributed by atoms with E-state index in [0.29, 0.717) is 12.6 Å². The van der Waals surface area contributed by atoms with Crippen molar-refractivity contribution < 1.29 is 0 Å². The molecule has 0 saturated heterocycles. The fourth-order valence-electron chi connectivity index (χ4n) is 1.89. The molecule has 0 aliphatic carbocycles. The minimum Gasteiger partial charge on any atom is -0.336 e. The monoisotopic (exact) mass is 256 g/mol. The summed E-state index contributed by atoms with van der Waals surface area (Å²) >= 11 is 1.90. The molecule has 0 spiro atoms. The zero-order valence-electron chi connectivity index (χ0n) is 11.1. The number of aromatic nitrogens is 2. The zero-order chi connectivity index (χ0) is 12.7. The first-order chi connectivity index (χ1) is 8.21. The predicted octanol–water partition coefficient (Wildman–Crippen LogP) is 1.42. The van der Waals surface area contributed by atoms with Gasteiger partial charge in [-0.3, -0.25) is 4.90 Å². The van der Waals surface area contributed by atoms with Gasteiger partial charge >= 0.3 is 0 Å². The van der Waals surface area contributed by atoms with Gasteiger partial charge in [-0.05, 0) is 19.7 Å². The minimum atomic E-state index is 0.629. The maximum absolute atomic E-state index is 5.52. The van der Waals surface area contributed by atoms with Crippen molar-refractivity contribution in [2.45, 2.75) is 32.5 Å². The first kappa shape index (κ1) is 14.5. The van der Waals surface area contributed by atoms with Gasteiger partial charge in [0, 0.05) is 37.6 Å². The Kier molecular flexibility index (Phi) is 6.62. The van der Waals surface area contributed by atoms with Gasteiger partial charge in [-0.15, -0.1) is 0 Å². The van der Waals surface area contributed by atoms with Crippen molar-refractivity contribution in [3.63, 3.8) is 0 Å². The molecule has 0 fully saturated rings. The topological polar surface area (TPSA) is 47.1 Å². The van der Waals surface area contributed by atoms with E-state index in [4.69, 9.17) is 5.73 Å². The summed E-state index contributed by atoms with van der Waals surface area (Å²) < 4.78 is 2.05. The molecule has 0 radical (unpaired) electrons. The maximum Gasteiger partial charge on any atom is 0.0950 e. The van der Waals surface area contributed by atoms with Crippen molar-refractivity contribution in [3.05, 3.63) is 18.2 Å². The molecule has 1 aromatic heterocycles. The van der Waals surface area contributed by atoms with E-state index in [1.807, 2.05) is 18.1 Å². The first-order valence-electron chi connectivity index (χ1n) is 6.11.